The predicted octanol–water partition coefficient (Wildman–Crippen LogP) is 2.90. The van der Waals surface area contributed by atoms with Crippen LogP contribution >= 0.6 is 0 Å². The zero-order chi connectivity index (χ0) is 17.6. The number of benzene rings is 1. The molecule has 1 unspecified atom stereocenters. The molecule has 1 atom stereocenters. The quantitative estimate of drug-likeness (QED) is 0.923. The fraction of sp³-hybridized carbons (Fsp3) is 0.389. The Labute approximate surface area is 145 Å². The number of piperidine rings is 1. The lowest BCUT2D eigenvalue weighted by Crippen LogP contribution is -2.38. The van der Waals surface area contributed by atoms with Crippen molar-refractivity contribution in [3.05, 3.63) is 53.4 Å². The Morgan fingerprint density at radius 1 is 1.32 bits per heavy atom. The highest BCUT2D eigenvalue weighted by Crippen LogP contribution is 2.31. The minimum Gasteiger partial charge on any atom is -0.453 e. The number of nitrogens with one attached hydrogen (secondary N) is 1. The lowest BCUT2D eigenvalue weighted by molar-refractivity contribution is 0.0799. The molecular weight excluding hydrogens is 322 g/mol. The van der Waals surface area contributed by atoms with Crippen LogP contribution < -0.4 is 5.32 Å². The van der Waals surface area contributed by atoms with Gasteiger partial charge in [-0.3, -0.25) is 9.69 Å². The fourth-order valence-corrected chi connectivity index (χ4v) is 2.99. The molecule has 0 spiro atoms. The average Bonchev–Trinajstić information content (AvgIpc) is 3.16. The minimum absolute atomic E-state index is 0.210. The molecule has 7 nitrogen and oxygen atoms in total. The van der Waals surface area contributed by atoms with Gasteiger partial charge in [0, 0.05) is 19.2 Å². The molecule has 0 saturated carbocycles. The number of ether oxygens (including phenoxy) is 1. The Balaban J connectivity index is 1.66. The van der Waals surface area contributed by atoms with Crippen LogP contribution in [0.2, 0.25) is 0 Å². The lowest BCUT2D eigenvalue weighted by Gasteiger charge is -2.32. The van der Waals surface area contributed by atoms with Crippen molar-refractivity contribution in [2.75, 3.05) is 13.7 Å². The highest BCUT2D eigenvalue weighted by Gasteiger charge is 2.32. The number of amides is 2. The normalized spacial score (nSPS) is 17.2. The first-order valence-corrected chi connectivity index (χ1v) is 8.32. The Morgan fingerprint density at radius 3 is 2.88 bits per heavy atom. The van der Waals surface area contributed by atoms with Crippen LogP contribution in [0.25, 0.3) is 0 Å². The summed E-state index contributed by atoms with van der Waals surface area (Å²) >= 11 is 0. The summed E-state index contributed by atoms with van der Waals surface area (Å²) in [6.07, 6.45) is 2.27. The number of likely N-dealkylation sites (tertiary alicyclic amines) is 1. The Morgan fingerprint density at radius 2 is 2.12 bits per heavy atom. The third-order valence-corrected chi connectivity index (χ3v) is 4.30. The molecule has 1 fully saturated rings. The second kappa shape index (κ2) is 7.83. The number of carbonyl (C=O) groups excluding carboxylic acids is 2. The van der Waals surface area contributed by atoms with E-state index < -0.39 is 6.09 Å². The molecule has 1 N–H and O–H groups in total. The van der Waals surface area contributed by atoms with Gasteiger partial charge in [-0.1, -0.05) is 35.5 Å². The summed E-state index contributed by atoms with van der Waals surface area (Å²) in [4.78, 5) is 25.8. The zero-order valence-corrected chi connectivity index (χ0v) is 14.1. The molecule has 0 bridgehead atoms. The van der Waals surface area contributed by atoms with Gasteiger partial charge >= 0.3 is 6.09 Å². The zero-order valence-electron chi connectivity index (χ0n) is 14.1. The summed E-state index contributed by atoms with van der Waals surface area (Å²) in [5.41, 5.74) is 1.21. The molecule has 0 aliphatic carbocycles. The van der Waals surface area contributed by atoms with Crippen molar-refractivity contribution in [2.45, 2.75) is 31.8 Å². The van der Waals surface area contributed by atoms with E-state index in [9.17, 15) is 9.59 Å². The number of aromatic nitrogens is 1. The summed E-state index contributed by atoms with van der Waals surface area (Å²) in [7, 11) is 1.36. The molecule has 1 aromatic carbocycles. The summed E-state index contributed by atoms with van der Waals surface area (Å²) < 4.78 is 10.2. The van der Waals surface area contributed by atoms with Crippen LogP contribution in [0.3, 0.4) is 0 Å². The van der Waals surface area contributed by atoms with Gasteiger partial charge in [0.15, 0.2) is 11.5 Å². The van der Waals surface area contributed by atoms with Crippen LogP contribution in [0, 0.1) is 0 Å². The Bertz CT molecular complexity index is 729. The maximum Gasteiger partial charge on any atom is 0.410 e. The van der Waals surface area contributed by atoms with Gasteiger partial charge in [-0.05, 0) is 24.8 Å². The highest BCUT2D eigenvalue weighted by molar-refractivity contribution is 5.92. The minimum atomic E-state index is -0.392. The van der Waals surface area contributed by atoms with E-state index in [-0.39, 0.29) is 17.6 Å². The van der Waals surface area contributed by atoms with Crippen LogP contribution in [-0.4, -0.2) is 35.7 Å². The van der Waals surface area contributed by atoms with Crippen molar-refractivity contribution in [3.63, 3.8) is 0 Å². The van der Waals surface area contributed by atoms with Crippen molar-refractivity contribution in [2.24, 2.45) is 0 Å². The number of carbonyl (C=O) groups is 2. The van der Waals surface area contributed by atoms with E-state index in [4.69, 9.17) is 9.26 Å². The molecule has 0 radical (unpaired) electrons. The van der Waals surface area contributed by atoms with E-state index in [0.717, 1.165) is 24.8 Å². The lowest BCUT2D eigenvalue weighted by atomic mass is 10.0. The largest absolute Gasteiger partial charge is 0.453 e. The molecule has 7 heteroatoms. The first-order valence-electron chi connectivity index (χ1n) is 8.32. The SMILES string of the molecule is COC(=O)N1CCCCC1c1cc(C(=O)NCc2ccccc2)no1. The third-order valence-electron chi connectivity index (χ3n) is 4.30. The smallest absolute Gasteiger partial charge is 0.410 e. The Kier molecular flexibility index (Phi) is 5.33. The van der Waals surface area contributed by atoms with Crippen LogP contribution in [0.4, 0.5) is 4.79 Å². The fourth-order valence-electron chi connectivity index (χ4n) is 2.99. The standard InChI is InChI=1S/C18H21N3O4/c1-24-18(23)21-10-6-5-9-15(21)16-11-14(20-25-16)17(22)19-12-13-7-3-2-4-8-13/h2-4,7-8,11,15H,5-6,9-10,12H2,1H3,(H,19,22). The summed E-state index contributed by atoms with van der Waals surface area (Å²) in [6, 6.07) is 11.0. The number of methoxy groups -OCH3 is 1. The second-order valence-corrected chi connectivity index (χ2v) is 5.96. The van der Waals surface area contributed by atoms with Crippen molar-refractivity contribution in [3.8, 4) is 0 Å². The molecule has 2 heterocycles. The van der Waals surface area contributed by atoms with Gasteiger partial charge in [0.1, 0.15) is 0 Å². The average molecular weight is 343 g/mol. The number of nitrogens with zero attached hydrogens (tertiary/aromatic N) is 2. The summed E-state index contributed by atoms with van der Waals surface area (Å²) in [5, 5.41) is 6.67. The maximum absolute atomic E-state index is 12.2. The number of hydrogen-bond acceptors (Lipinski definition) is 5. The van der Waals surface area contributed by atoms with Gasteiger partial charge in [0.25, 0.3) is 5.91 Å². The van der Waals surface area contributed by atoms with Crippen molar-refractivity contribution in [1.82, 2.24) is 15.4 Å². The van der Waals surface area contributed by atoms with Gasteiger partial charge in [0.05, 0.1) is 13.2 Å². The second-order valence-electron chi connectivity index (χ2n) is 5.96. The van der Waals surface area contributed by atoms with Crippen LogP contribution in [0.5, 0.6) is 0 Å². The van der Waals surface area contributed by atoms with Gasteiger partial charge in [-0.25, -0.2) is 4.79 Å². The van der Waals surface area contributed by atoms with E-state index in [1.165, 1.54) is 7.11 Å². The molecular formula is C18H21N3O4. The molecule has 2 amide bonds. The van der Waals surface area contributed by atoms with E-state index in [1.807, 2.05) is 30.3 Å². The first kappa shape index (κ1) is 17.0. The summed E-state index contributed by atoms with van der Waals surface area (Å²) in [6.45, 7) is 1.02. The molecule has 1 aromatic heterocycles. The predicted molar refractivity (Wildman–Crippen MR) is 89.8 cm³/mol. The molecule has 25 heavy (non-hydrogen) atoms. The van der Waals surface area contributed by atoms with Crippen molar-refractivity contribution in [1.29, 1.82) is 0 Å². The number of hydrogen-bond donors (Lipinski definition) is 1. The molecule has 2 aromatic rings. The molecule has 1 saturated heterocycles. The van der Waals surface area contributed by atoms with E-state index in [1.54, 1.807) is 11.0 Å². The molecule has 3 rings (SSSR count). The van der Waals surface area contributed by atoms with E-state index >= 15 is 0 Å². The summed E-state index contributed by atoms with van der Waals surface area (Å²) in [5.74, 6) is 0.203. The molecule has 132 valence electrons. The Hall–Kier alpha value is -2.83. The van der Waals surface area contributed by atoms with Crippen molar-refractivity contribution < 1.29 is 18.8 Å². The van der Waals surface area contributed by atoms with Gasteiger partial charge < -0.3 is 14.6 Å². The topological polar surface area (TPSA) is 84.7 Å². The van der Waals surface area contributed by atoms with Gasteiger partial charge in [-0.2, -0.15) is 0 Å². The maximum atomic E-state index is 12.2. The first-order chi connectivity index (χ1) is 12.2. The third kappa shape index (κ3) is 3.99. The highest BCUT2D eigenvalue weighted by atomic mass is 16.5. The molecule has 1 aliphatic heterocycles. The van der Waals surface area contributed by atoms with E-state index in [2.05, 4.69) is 10.5 Å². The van der Waals surface area contributed by atoms with Crippen LogP contribution in [-0.2, 0) is 11.3 Å². The molecule has 1 aliphatic rings. The number of rotatable bonds is 4. The van der Waals surface area contributed by atoms with Crippen molar-refractivity contribution >= 4 is 12.0 Å². The van der Waals surface area contributed by atoms with Gasteiger partial charge in [0.2, 0.25) is 0 Å². The van der Waals surface area contributed by atoms with Crippen LogP contribution in [0.1, 0.15) is 47.1 Å². The van der Waals surface area contributed by atoms with Crippen LogP contribution in [0.15, 0.2) is 40.9 Å². The monoisotopic (exact) mass is 343 g/mol. The van der Waals surface area contributed by atoms with Gasteiger partial charge in [-0.15, -0.1) is 0 Å². The van der Waals surface area contributed by atoms with E-state index in [0.29, 0.717) is 18.8 Å².